The summed E-state index contributed by atoms with van der Waals surface area (Å²) in [5.74, 6) is -0.178. The second-order valence-corrected chi connectivity index (χ2v) is 5.37. The van der Waals surface area contributed by atoms with E-state index in [1.807, 2.05) is 25.1 Å². The van der Waals surface area contributed by atoms with Gasteiger partial charge in [-0.3, -0.25) is 9.78 Å². The molecule has 0 aliphatic heterocycles. The molecular formula is C15H14Cl2N2O. The molecule has 0 atom stereocenters. The van der Waals surface area contributed by atoms with Gasteiger partial charge in [-0.25, -0.2) is 0 Å². The van der Waals surface area contributed by atoms with E-state index in [-0.39, 0.29) is 5.91 Å². The highest BCUT2D eigenvalue weighted by atomic mass is 35.5. The highest BCUT2D eigenvalue weighted by Crippen LogP contribution is 2.20. The number of rotatable bonds is 3. The highest BCUT2D eigenvalue weighted by Gasteiger charge is 2.16. The molecule has 1 aromatic carbocycles. The van der Waals surface area contributed by atoms with Gasteiger partial charge in [0.15, 0.2) is 0 Å². The van der Waals surface area contributed by atoms with E-state index in [0.29, 0.717) is 22.2 Å². The van der Waals surface area contributed by atoms with Crippen molar-refractivity contribution in [1.29, 1.82) is 0 Å². The number of benzene rings is 1. The molecule has 0 unspecified atom stereocenters. The number of aryl methyl sites for hydroxylation is 1. The van der Waals surface area contributed by atoms with E-state index < -0.39 is 0 Å². The molecule has 0 aliphatic rings. The molecule has 0 N–H and O–H groups in total. The molecule has 104 valence electrons. The monoisotopic (exact) mass is 308 g/mol. The summed E-state index contributed by atoms with van der Waals surface area (Å²) in [7, 11) is 1.71. The molecule has 0 saturated carbocycles. The van der Waals surface area contributed by atoms with Crippen molar-refractivity contribution in [3.63, 3.8) is 0 Å². The molecule has 1 heterocycles. The maximum Gasteiger partial charge on any atom is 0.256 e. The summed E-state index contributed by atoms with van der Waals surface area (Å²) in [6.07, 6.45) is 1.50. The first-order valence-electron chi connectivity index (χ1n) is 6.10. The fraction of sp³-hybridized carbons (Fsp3) is 0.200. The number of halogens is 2. The Labute approximate surface area is 128 Å². The molecule has 0 spiro atoms. The summed E-state index contributed by atoms with van der Waals surface area (Å²) in [4.78, 5) is 18.0. The first-order chi connectivity index (χ1) is 9.49. The molecule has 3 nitrogen and oxygen atoms in total. The Morgan fingerprint density at radius 2 is 1.95 bits per heavy atom. The van der Waals surface area contributed by atoms with E-state index >= 15 is 0 Å². The number of carbonyl (C=O) groups excluding carboxylic acids is 1. The van der Waals surface area contributed by atoms with Gasteiger partial charge >= 0.3 is 0 Å². The maximum atomic E-state index is 12.4. The molecule has 0 saturated heterocycles. The Morgan fingerprint density at radius 3 is 2.60 bits per heavy atom. The summed E-state index contributed by atoms with van der Waals surface area (Å²) in [6, 6.07) is 9.11. The SMILES string of the molecule is Cc1cc(Cl)c(C(=O)N(C)Cc2ccccc2Cl)cn1. The van der Waals surface area contributed by atoms with Crippen LogP contribution in [-0.4, -0.2) is 22.8 Å². The predicted molar refractivity (Wildman–Crippen MR) is 81.2 cm³/mol. The van der Waals surface area contributed by atoms with Crippen LogP contribution in [0.5, 0.6) is 0 Å². The standard InChI is InChI=1S/C15H14Cl2N2O/c1-10-7-14(17)12(8-18-10)15(20)19(2)9-11-5-3-4-6-13(11)16/h3-8H,9H2,1-2H3. The van der Waals surface area contributed by atoms with Crippen molar-refractivity contribution in [3.05, 3.63) is 63.4 Å². The lowest BCUT2D eigenvalue weighted by Crippen LogP contribution is -2.26. The van der Waals surface area contributed by atoms with Gasteiger partial charge in [0, 0.05) is 30.5 Å². The van der Waals surface area contributed by atoms with Gasteiger partial charge < -0.3 is 4.90 Å². The molecule has 0 aliphatic carbocycles. The zero-order valence-corrected chi connectivity index (χ0v) is 12.7. The summed E-state index contributed by atoms with van der Waals surface area (Å²) in [6.45, 7) is 2.25. The van der Waals surface area contributed by atoms with Crippen molar-refractivity contribution < 1.29 is 4.79 Å². The molecule has 0 radical (unpaired) electrons. The fourth-order valence-corrected chi connectivity index (χ4v) is 2.33. The Morgan fingerprint density at radius 1 is 1.25 bits per heavy atom. The first-order valence-corrected chi connectivity index (χ1v) is 6.85. The second kappa shape index (κ2) is 6.25. The van der Waals surface area contributed by atoms with Gasteiger partial charge in [-0.05, 0) is 24.6 Å². The van der Waals surface area contributed by atoms with Gasteiger partial charge in [0.05, 0.1) is 10.6 Å². The van der Waals surface area contributed by atoms with Crippen LogP contribution in [0, 0.1) is 6.92 Å². The largest absolute Gasteiger partial charge is 0.337 e. The average molecular weight is 309 g/mol. The molecule has 1 amide bonds. The maximum absolute atomic E-state index is 12.4. The molecule has 2 aromatic rings. The lowest BCUT2D eigenvalue weighted by atomic mass is 10.2. The normalized spacial score (nSPS) is 10.4. The fourth-order valence-electron chi connectivity index (χ4n) is 1.84. The van der Waals surface area contributed by atoms with E-state index in [9.17, 15) is 4.79 Å². The third-order valence-corrected chi connectivity index (χ3v) is 3.61. The van der Waals surface area contributed by atoms with Crippen molar-refractivity contribution in [3.8, 4) is 0 Å². The minimum Gasteiger partial charge on any atom is -0.337 e. The van der Waals surface area contributed by atoms with Gasteiger partial charge in [-0.15, -0.1) is 0 Å². The van der Waals surface area contributed by atoms with Crippen LogP contribution < -0.4 is 0 Å². The Bertz CT molecular complexity index is 644. The van der Waals surface area contributed by atoms with E-state index in [4.69, 9.17) is 23.2 Å². The minimum atomic E-state index is -0.178. The highest BCUT2D eigenvalue weighted by molar-refractivity contribution is 6.33. The van der Waals surface area contributed by atoms with Gasteiger partial charge in [0.2, 0.25) is 0 Å². The van der Waals surface area contributed by atoms with Crippen LogP contribution in [0.3, 0.4) is 0 Å². The number of aromatic nitrogens is 1. The number of amides is 1. The zero-order chi connectivity index (χ0) is 14.7. The summed E-state index contributed by atoms with van der Waals surface area (Å²) >= 11 is 12.2. The molecule has 5 heteroatoms. The summed E-state index contributed by atoms with van der Waals surface area (Å²) < 4.78 is 0. The van der Waals surface area contributed by atoms with E-state index in [2.05, 4.69) is 4.98 Å². The van der Waals surface area contributed by atoms with Gasteiger partial charge in [0.25, 0.3) is 5.91 Å². The Balaban J connectivity index is 2.19. The van der Waals surface area contributed by atoms with Crippen LogP contribution >= 0.6 is 23.2 Å². The van der Waals surface area contributed by atoms with Gasteiger partial charge in [0.1, 0.15) is 0 Å². The molecule has 0 fully saturated rings. The van der Waals surface area contributed by atoms with Crippen molar-refractivity contribution >= 4 is 29.1 Å². The van der Waals surface area contributed by atoms with E-state index in [1.54, 1.807) is 24.1 Å². The van der Waals surface area contributed by atoms with Crippen molar-refractivity contribution in [2.45, 2.75) is 13.5 Å². The molecule has 0 bridgehead atoms. The first kappa shape index (κ1) is 14.8. The van der Waals surface area contributed by atoms with Crippen LogP contribution in [0.25, 0.3) is 0 Å². The number of nitrogens with zero attached hydrogens (tertiary/aromatic N) is 2. The van der Waals surface area contributed by atoms with Crippen LogP contribution in [-0.2, 0) is 6.54 Å². The third-order valence-electron chi connectivity index (χ3n) is 2.93. The third kappa shape index (κ3) is 3.30. The smallest absolute Gasteiger partial charge is 0.256 e. The van der Waals surface area contributed by atoms with Gasteiger partial charge in [-0.1, -0.05) is 41.4 Å². The number of hydrogen-bond donors (Lipinski definition) is 0. The van der Waals surface area contributed by atoms with Crippen LogP contribution in [0.15, 0.2) is 36.5 Å². The van der Waals surface area contributed by atoms with Crippen LogP contribution in [0.4, 0.5) is 0 Å². The molecule has 1 aromatic heterocycles. The average Bonchev–Trinajstić information content (AvgIpc) is 2.40. The van der Waals surface area contributed by atoms with E-state index in [0.717, 1.165) is 11.3 Å². The van der Waals surface area contributed by atoms with Crippen molar-refractivity contribution in [2.75, 3.05) is 7.05 Å². The predicted octanol–water partition coefficient (Wildman–Crippen LogP) is 3.97. The second-order valence-electron chi connectivity index (χ2n) is 4.56. The number of pyridine rings is 1. The van der Waals surface area contributed by atoms with E-state index in [1.165, 1.54) is 6.20 Å². The Hall–Kier alpha value is -1.58. The van der Waals surface area contributed by atoms with Crippen LogP contribution in [0.1, 0.15) is 21.6 Å². The Kier molecular flexibility index (Phi) is 4.63. The minimum absolute atomic E-state index is 0.178. The lowest BCUT2D eigenvalue weighted by molar-refractivity contribution is 0.0785. The number of hydrogen-bond acceptors (Lipinski definition) is 2. The molecule has 20 heavy (non-hydrogen) atoms. The van der Waals surface area contributed by atoms with Crippen LogP contribution in [0.2, 0.25) is 10.0 Å². The molecule has 2 rings (SSSR count). The van der Waals surface area contributed by atoms with Crippen molar-refractivity contribution in [1.82, 2.24) is 9.88 Å². The topological polar surface area (TPSA) is 33.2 Å². The molecular weight excluding hydrogens is 295 g/mol. The lowest BCUT2D eigenvalue weighted by Gasteiger charge is -2.18. The number of carbonyl (C=O) groups is 1. The van der Waals surface area contributed by atoms with Crippen molar-refractivity contribution in [2.24, 2.45) is 0 Å². The summed E-state index contributed by atoms with van der Waals surface area (Å²) in [5, 5.41) is 1.05. The van der Waals surface area contributed by atoms with Gasteiger partial charge in [-0.2, -0.15) is 0 Å². The quantitative estimate of drug-likeness (QED) is 0.859. The zero-order valence-electron chi connectivity index (χ0n) is 11.2. The summed E-state index contributed by atoms with van der Waals surface area (Å²) in [5.41, 5.74) is 2.06.